The normalized spacial score (nSPS) is 11.5. The van der Waals surface area contributed by atoms with Gasteiger partial charge in [-0.25, -0.2) is 0 Å². The third-order valence-corrected chi connectivity index (χ3v) is 3.88. The number of carbonyl (C=O) groups is 1. The number of carbonyl (C=O) groups excluding carboxylic acids is 1. The highest BCUT2D eigenvalue weighted by Crippen LogP contribution is 2.24. The number of nitrogens with two attached hydrogens (primary N) is 1. The quantitative estimate of drug-likeness (QED) is 0.873. The van der Waals surface area contributed by atoms with Gasteiger partial charge in [-0.1, -0.05) is 44.5 Å². The van der Waals surface area contributed by atoms with E-state index in [4.69, 9.17) is 17.3 Å². The smallest absolute Gasteiger partial charge is 0.255 e. The van der Waals surface area contributed by atoms with E-state index in [1.54, 1.807) is 6.07 Å². The Kier molecular flexibility index (Phi) is 6.03. The molecule has 0 heterocycles. The topological polar surface area (TPSA) is 46.3 Å². The van der Waals surface area contributed by atoms with Gasteiger partial charge in [-0.05, 0) is 36.9 Å². The van der Waals surface area contributed by atoms with E-state index in [1.807, 2.05) is 24.0 Å². The van der Waals surface area contributed by atoms with Gasteiger partial charge in [0.05, 0.1) is 10.6 Å². The fourth-order valence-corrected chi connectivity index (χ4v) is 2.29. The Bertz CT molecular complexity index is 472. The molecule has 0 aliphatic carbocycles. The van der Waals surface area contributed by atoms with Crippen molar-refractivity contribution in [3.8, 4) is 0 Å². The lowest BCUT2D eigenvalue weighted by molar-refractivity contribution is 0.0689. The van der Waals surface area contributed by atoms with E-state index in [2.05, 4.69) is 20.8 Å². The van der Waals surface area contributed by atoms with Crippen LogP contribution < -0.4 is 5.73 Å². The van der Waals surface area contributed by atoms with Crippen molar-refractivity contribution in [2.45, 2.75) is 34.1 Å². The Morgan fingerprint density at radius 1 is 1.40 bits per heavy atom. The van der Waals surface area contributed by atoms with Crippen molar-refractivity contribution < 1.29 is 4.79 Å². The molecular formula is C16H25ClN2O. The predicted molar refractivity (Wildman–Crippen MR) is 85.2 cm³/mol. The number of benzene rings is 1. The molecule has 0 aromatic heterocycles. The van der Waals surface area contributed by atoms with Crippen LogP contribution in [0.5, 0.6) is 0 Å². The number of hydrogen-bond donors (Lipinski definition) is 1. The summed E-state index contributed by atoms with van der Waals surface area (Å²) in [6.45, 7) is 10.0. The second-order valence-electron chi connectivity index (χ2n) is 6.03. The number of nitrogens with zero attached hydrogens (tertiary/aromatic N) is 1. The summed E-state index contributed by atoms with van der Waals surface area (Å²) in [5.74, 6) is -0.0120. The molecule has 0 aliphatic heterocycles. The lowest BCUT2D eigenvalue weighted by Gasteiger charge is -2.32. The van der Waals surface area contributed by atoms with Crippen molar-refractivity contribution in [2.75, 3.05) is 19.6 Å². The van der Waals surface area contributed by atoms with Gasteiger partial charge in [0, 0.05) is 13.1 Å². The number of amides is 1. The molecule has 1 rings (SSSR count). The van der Waals surface area contributed by atoms with Crippen LogP contribution in [-0.4, -0.2) is 30.4 Å². The highest BCUT2D eigenvalue weighted by Gasteiger charge is 2.25. The average molecular weight is 297 g/mol. The molecule has 112 valence electrons. The van der Waals surface area contributed by atoms with Gasteiger partial charge >= 0.3 is 0 Å². The zero-order valence-electron chi connectivity index (χ0n) is 12.9. The monoisotopic (exact) mass is 296 g/mol. The molecule has 2 N–H and O–H groups in total. The van der Waals surface area contributed by atoms with E-state index in [9.17, 15) is 4.79 Å². The summed E-state index contributed by atoms with van der Waals surface area (Å²) in [5, 5.41) is 0.546. The molecule has 0 unspecified atom stereocenters. The van der Waals surface area contributed by atoms with Gasteiger partial charge in [0.15, 0.2) is 0 Å². The van der Waals surface area contributed by atoms with Crippen LogP contribution in [0.1, 0.15) is 43.1 Å². The first kappa shape index (κ1) is 17.0. The van der Waals surface area contributed by atoms with Crippen molar-refractivity contribution in [3.63, 3.8) is 0 Å². The third kappa shape index (κ3) is 4.22. The first-order valence-electron chi connectivity index (χ1n) is 7.07. The molecule has 0 fully saturated rings. The molecule has 0 radical (unpaired) electrons. The molecule has 3 nitrogen and oxygen atoms in total. The van der Waals surface area contributed by atoms with Crippen LogP contribution >= 0.6 is 11.6 Å². The van der Waals surface area contributed by atoms with Crippen molar-refractivity contribution >= 4 is 17.5 Å². The Hall–Kier alpha value is -1.06. The van der Waals surface area contributed by atoms with Gasteiger partial charge in [-0.3, -0.25) is 4.79 Å². The fraction of sp³-hybridized carbons (Fsp3) is 0.562. The Morgan fingerprint density at radius 3 is 2.60 bits per heavy atom. The highest BCUT2D eigenvalue weighted by atomic mass is 35.5. The van der Waals surface area contributed by atoms with Gasteiger partial charge in [-0.2, -0.15) is 0 Å². The molecule has 0 bridgehead atoms. The van der Waals surface area contributed by atoms with Crippen LogP contribution in [0.25, 0.3) is 0 Å². The Balaban J connectivity index is 3.02. The highest BCUT2D eigenvalue weighted by molar-refractivity contribution is 6.34. The lowest BCUT2D eigenvalue weighted by Crippen LogP contribution is -2.42. The summed E-state index contributed by atoms with van der Waals surface area (Å²) < 4.78 is 0. The van der Waals surface area contributed by atoms with Crippen molar-refractivity contribution in [1.29, 1.82) is 0 Å². The summed E-state index contributed by atoms with van der Waals surface area (Å²) in [5.41, 5.74) is 7.18. The molecule has 0 saturated carbocycles. The second-order valence-corrected chi connectivity index (χ2v) is 6.41. The standard InChI is InChI=1S/C16H25ClN2O/c1-5-9-19(11-16(3,4)10-18)15(20)13-8-6-7-12(2)14(13)17/h6-8H,5,9-11,18H2,1-4H3. The maximum atomic E-state index is 12.7. The van der Waals surface area contributed by atoms with Crippen molar-refractivity contribution in [3.05, 3.63) is 34.3 Å². The van der Waals surface area contributed by atoms with Crippen LogP contribution in [-0.2, 0) is 0 Å². The zero-order chi connectivity index (χ0) is 15.3. The van der Waals surface area contributed by atoms with E-state index < -0.39 is 0 Å². The second kappa shape index (κ2) is 7.09. The minimum absolute atomic E-state index is 0.0120. The first-order chi connectivity index (χ1) is 9.32. The average Bonchev–Trinajstić information content (AvgIpc) is 2.40. The molecular weight excluding hydrogens is 272 g/mol. The van der Waals surface area contributed by atoms with Crippen LogP contribution in [0.15, 0.2) is 18.2 Å². The van der Waals surface area contributed by atoms with Gasteiger partial charge in [0.1, 0.15) is 0 Å². The summed E-state index contributed by atoms with van der Waals surface area (Å²) in [6.07, 6.45) is 0.913. The molecule has 1 aromatic rings. The predicted octanol–water partition coefficient (Wildman–Crippen LogP) is 3.49. The SMILES string of the molecule is CCCN(CC(C)(C)CN)C(=O)c1cccc(C)c1Cl. The maximum Gasteiger partial charge on any atom is 0.255 e. The van der Waals surface area contributed by atoms with E-state index in [1.165, 1.54) is 0 Å². The van der Waals surface area contributed by atoms with Crippen molar-refractivity contribution in [1.82, 2.24) is 4.90 Å². The molecule has 1 amide bonds. The van der Waals surface area contributed by atoms with Gasteiger partial charge in [0.25, 0.3) is 5.91 Å². The Labute approximate surface area is 127 Å². The van der Waals surface area contributed by atoms with Gasteiger partial charge in [0.2, 0.25) is 0 Å². The van der Waals surface area contributed by atoms with Crippen LogP contribution in [0, 0.1) is 12.3 Å². The van der Waals surface area contributed by atoms with Crippen molar-refractivity contribution in [2.24, 2.45) is 11.1 Å². The molecule has 0 spiro atoms. The fourth-order valence-electron chi connectivity index (χ4n) is 2.09. The zero-order valence-corrected chi connectivity index (χ0v) is 13.6. The van der Waals surface area contributed by atoms with Crippen LogP contribution in [0.3, 0.4) is 0 Å². The first-order valence-corrected chi connectivity index (χ1v) is 7.44. The van der Waals surface area contributed by atoms with E-state index in [-0.39, 0.29) is 11.3 Å². The lowest BCUT2D eigenvalue weighted by atomic mass is 9.92. The summed E-state index contributed by atoms with van der Waals surface area (Å²) in [4.78, 5) is 14.6. The third-order valence-electron chi connectivity index (χ3n) is 3.37. The number of rotatable bonds is 6. The van der Waals surface area contributed by atoms with E-state index >= 15 is 0 Å². The number of aryl methyl sites for hydroxylation is 1. The molecule has 0 atom stereocenters. The van der Waals surface area contributed by atoms with Gasteiger partial charge < -0.3 is 10.6 Å². The van der Waals surface area contributed by atoms with Crippen LogP contribution in [0.2, 0.25) is 5.02 Å². The largest absolute Gasteiger partial charge is 0.338 e. The molecule has 0 aliphatic rings. The molecule has 0 saturated heterocycles. The summed E-state index contributed by atoms with van der Waals surface area (Å²) in [7, 11) is 0. The summed E-state index contributed by atoms with van der Waals surface area (Å²) in [6, 6.07) is 5.56. The number of halogens is 1. The van der Waals surface area contributed by atoms with Gasteiger partial charge in [-0.15, -0.1) is 0 Å². The molecule has 20 heavy (non-hydrogen) atoms. The number of hydrogen-bond acceptors (Lipinski definition) is 2. The van der Waals surface area contributed by atoms with E-state index in [0.717, 1.165) is 12.0 Å². The molecule has 4 heteroatoms. The maximum absolute atomic E-state index is 12.7. The molecule has 1 aromatic carbocycles. The summed E-state index contributed by atoms with van der Waals surface area (Å²) >= 11 is 6.27. The Morgan fingerprint density at radius 2 is 2.05 bits per heavy atom. The minimum Gasteiger partial charge on any atom is -0.338 e. The van der Waals surface area contributed by atoms with E-state index in [0.29, 0.717) is 30.2 Å². The van der Waals surface area contributed by atoms with Crippen LogP contribution in [0.4, 0.5) is 0 Å². The minimum atomic E-state index is -0.0961.